The fourth-order valence-electron chi connectivity index (χ4n) is 1.88. The fraction of sp³-hybridized carbons (Fsp3) is 0.200. The average Bonchev–Trinajstić information content (AvgIpc) is 2.38. The maximum absolute atomic E-state index is 13.9. The van der Waals surface area contributed by atoms with Gasteiger partial charge < -0.3 is 4.74 Å². The summed E-state index contributed by atoms with van der Waals surface area (Å²) in [5, 5.41) is -0.489. The van der Waals surface area contributed by atoms with Gasteiger partial charge in [0.25, 0.3) is 0 Å². The van der Waals surface area contributed by atoms with Crippen molar-refractivity contribution in [1.29, 1.82) is 0 Å². The molecule has 0 aromatic heterocycles. The summed E-state index contributed by atoms with van der Waals surface area (Å²) in [4.78, 5) is 0. The fourth-order valence-corrected chi connectivity index (χ4v) is 2.30. The normalized spacial score (nSPS) is 12.2. The number of rotatable bonds is 3. The van der Waals surface area contributed by atoms with Gasteiger partial charge in [-0.3, -0.25) is 0 Å². The van der Waals surface area contributed by atoms with Crippen molar-refractivity contribution >= 4 is 11.6 Å². The summed E-state index contributed by atoms with van der Waals surface area (Å²) in [6, 6.07) is 12.4. The molecule has 1 unspecified atom stereocenters. The molecule has 0 saturated carbocycles. The highest BCUT2D eigenvalue weighted by atomic mass is 35.5. The van der Waals surface area contributed by atoms with E-state index in [1.54, 1.807) is 12.1 Å². The van der Waals surface area contributed by atoms with Crippen LogP contribution in [0.5, 0.6) is 5.75 Å². The largest absolute Gasteiger partial charge is 0.497 e. The Bertz CT molecular complexity index is 554. The van der Waals surface area contributed by atoms with Crippen molar-refractivity contribution in [3.8, 4) is 5.75 Å². The van der Waals surface area contributed by atoms with E-state index in [0.29, 0.717) is 11.3 Å². The molecule has 3 heteroatoms. The molecule has 0 N–H and O–H groups in total. The van der Waals surface area contributed by atoms with Gasteiger partial charge in [0.15, 0.2) is 0 Å². The van der Waals surface area contributed by atoms with E-state index in [4.69, 9.17) is 16.3 Å². The first kappa shape index (κ1) is 12.9. The molecule has 0 aliphatic heterocycles. The van der Waals surface area contributed by atoms with Crippen molar-refractivity contribution in [1.82, 2.24) is 0 Å². The molecule has 94 valence electrons. The third kappa shape index (κ3) is 2.49. The Labute approximate surface area is 111 Å². The van der Waals surface area contributed by atoms with Crippen LogP contribution in [0.3, 0.4) is 0 Å². The standard InChI is InChI=1S/C15H14ClFO/c1-10-5-3-4-6-12(10)15(16)13-8-7-11(18-2)9-14(13)17/h3-9,15H,1-2H3. The number of halogens is 2. The minimum atomic E-state index is -0.489. The van der Waals surface area contributed by atoms with Gasteiger partial charge in [-0.15, -0.1) is 11.6 Å². The van der Waals surface area contributed by atoms with Crippen molar-refractivity contribution in [2.24, 2.45) is 0 Å². The molecule has 0 radical (unpaired) electrons. The molecule has 0 spiro atoms. The molecule has 0 amide bonds. The van der Waals surface area contributed by atoms with Crippen molar-refractivity contribution in [3.63, 3.8) is 0 Å². The smallest absolute Gasteiger partial charge is 0.131 e. The van der Waals surface area contributed by atoms with Crippen molar-refractivity contribution in [2.75, 3.05) is 7.11 Å². The van der Waals surface area contributed by atoms with Gasteiger partial charge in [-0.2, -0.15) is 0 Å². The van der Waals surface area contributed by atoms with Crippen LogP contribution in [0.4, 0.5) is 4.39 Å². The van der Waals surface area contributed by atoms with E-state index in [1.807, 2.05) is 31.2 Å². The molecule has 0 saturated heterocycles. The molecule has 0 fully saturated rings. The van der Waals surface area contributed by atoms with E-state index in [9.17, 15) is 4.39 Å². The van der Waals surface area contributed by atoms with Crippen LogP contribution in [0.25, 0.3) is 0 Å². The molecular weight excluding hydrogens is 251 g/mol. The van der Waals surface area contributed by atoms with Crippen molar-refractivity contribution in [3.05, 3.63) is 65.0 Å². The van der Waals surface area contributed by atoms with Crippen LogP contribution in [0, 0.1) is 12.7 Å². The summed E-state index contributed by atoms with van der Waals surface area (Å²) in [6.07, 6.45) is 0. The highest BCUT2D eigenvalue weighted by molar-refractivity contribution is 6.22. The van der Waals surface area contributed by atoms with Crippen molar-refractivity contribution in [2.45, 2.75) is 12.3 Å². The molecule has 2 aromatic rings. The van der Waals surface area contributed by atoms with Gasteiger partial charge in [0.2, 0.25) is 0 Å². The summed E-state index contributed by atoms with van der Waals surface area (Å²) in [6.45, 7) is 1.96. The average molecular weight is 265 g/mol. The van der Waals surface area contributed by atoms with Crippen LogP contribution in [0.15, 0.2) is 42.5 Å². The lowest BCUT2D eigenvalue weighted by atomic mass is 9.99. The van der Waals surface area contributed by atoms with Crippen LogP contribution >= 0.6 is 11.6 Å². The van der Waals surface area contributed by atoms with E-state index >= 15 is 0 Å². The summed E-state index contributed by atoms with van der Waals surface area (Å²) >= 11 is 6.36. The maximum Gasteiger partial charge on any atom is 0.131 e. The molecule has 0 bridgehead atoms. The topological polar surface area (TPSA) is 9.23 Å². The number of ether oxygens (including phenoxy) is 1. The van der Waals surface area contributed by atoms with E-state index in [-0.39, 0.29) is 5.82 Å². The van der Waals surface area contributed by atoms with Crippen LogP contribution in [0.2, 0.25) is 0 Å². The number of aryl methyl sites for hydroxylation is 1. The monoisotopic (exact) mass is 264 g/mol. The van der Waals surface area contributed by atoms with E-state index in [1.165, 1.54) is 13.2 Å². The van der Waals surface area contributed by atoms with Gasteiger partial charge in [0.1, 0.15) is 11.6 Å². The molecule has 2 aromatic carbocycles. The molecule has 2 rings (SSSR count). The highest BCUT2D eigenvalue weighted by Crippen LogP contribution is 2.33. The number of hydrogen-bond donors (Lipinski definition) is 0. The van der Waals surface area contributed by atoms with E-state index in [2.05, 4.69) is 0 Å². The summed E-state index contributed by atoms with van der Waals surface area (Å²) in [7, 11) is 1.51. The second kappa shape index (κ2) is 5.40. The Morgan fingerprint density at radius 3 is 2.44 bits per heavy atom. The first-order valence-electron chi connectivity index (χ1n) is 5.66. The summed E-state index contributed by atoms with van der Waals surface area (Å²) in [5.74, 6) is 0.141. The quantitative estimate of drug-likeness (QED) is 0.743. The predicted molar refractivity (Wildman–Crippen MR) is 71.8 cm³/mol. The van der Waals surface area contributed by atoms with Crippen LogP contribution in [-0.4, -0.2) is 7.11 Å². The van der Waals surface area contributed by atoms with E-state index in [0.717, 1.165) is 11.1 Å². The molecular formula is C15H14ClFO. The molecule has 0 aliphatic rings. The van der Waals surface area contributed by atoms with Gasteiger partial charge in [0.05, 0.1) is 12.5 Å². The highest BCUT2D eigenvalue weighted by Gasteiger charge is 2.17. The summed E-state index contributed by atoms with van der Waals surface area (Å²) < 4.78 is 18.9. The zero-order valence-corrected chi connectivity index (χ0v) is 11.0. The number of methoxy groups -OCH3 is 1. The second-order valence-electron chi connectivity index (χ2n) is 4.11. The van der Waals surface area contributed by atoms with Crippen LogP contribution in [0.1, 0.15) is 22.1 Å². The van der Waals surface area contributed by atoms with Gasteiger partial charge in [-0.25, -0.2) is 4.39 Å². The third-order valence-electron chi connectivity index (χ3n) is 2.94. The van der Waals surface area contributed by atoms with E-state index < -0.39 is 5.38 Å². The van der Waals surface area contributed by atoms with Gasteiger partial charge in [-0.05, 0) is 24.1 Å². The third-order valence-corrected chi connectivity index (χ3v) is 3.41. The zero-order valence-electron chi connectivity index (χ0n) is 10.3. The van der Waals surface area contributed by atoms with Crippen LogP contribution in [-0.2, 0) is 0 Å². The SMILES string of the molecule is COc1ccc(C(Cl)c2ccccc2C)c(F)c1. The molecule has 0 aliphatic carbocycles. The Kier molecular flexibility index (Phi) is 3.87. The van der Waals surface area contributed by atoms with Crippen molar-refractivity contribution < 1.29 is 9.13 Å². The zero-order chi connectivity index (χ0) is 13.1. The number of alkyl halides is 1. The maximum atomic E-state index is 13.9. The van der Waals surface area contributed by atoms with Gasteiger partial charge in [0, 0.05) is 11.6 Å². The first-order chi connectivity index (χ1) is 8.63. The Balaban J connectivity index is 2.40. The minimum Gasteiger partial charge on any atom is -0.497 e. The lowest BCUT2D eigenvalue weighted by Crippen LogP contribution is -1.99. The lowest BCUT2D eigenvalue weighted by Gasteiger charge is -2.14. The minimum absolute atomic E-state index is 0.349. The summed E-state index contributed by atoms with van der Waals surface area (Å²) in [5.41, 5.74) is 2.43. The predicted octanol–water partition coefficient (Wildman–Crippen LogP) is 4.47. The molecule has 1 nitrogen and oxygen atoms in total. The number of benzene rings is 2. The Hall–Kier alpha value is -1.54. The Morgan fingerprint density at radius 1 is 1.11 bits per heavy atom. The van der Waals surface area contributed by atoms with Gasteiger partial charge >= 0.3 is 0 Å². The molecule has 1 atom stereocenters. The Morgan fingerprint density at radius 2 is 1.83 bits per heavy atom. The molecule has 0 heterocycles. The number of hydrogen-bond acceptors (Lipinski definition) is 1. The lowest BCUT2D eigenvalue weighted by molar-refractivity contribution is 0.410. The van der Waals surface area contributed by atoms with Gasteiger partial charge in [-0.1, -0.05) is 30.3 Å². The van der Waals surface area contributed by atoms with Crippen LogP contribution < -0.4 is 4.74 Å². The second-order valence-corrected chi connectivity index (χ2v) is 4.54. The first-order valence-corrected chi connectivity index (χ1v) is 6.10. The molecule has 18 heavy (non-hydrogen) atoms.